The Morgan fingerprint density at radius 2 is 2.17 bits per heavy atom. The molecular formula is C9H12ClNO. The molecule has 0 unspecified atom stereocenters. The minimum atomic E-state index is 0.260. The van der Waals surface area contributed by atoms with Crippen LogP contribution >= 0.6 is 11.6 Å². The molecule has 0 aliphatic rings. The molecular weight excluding hydrogens is 174 g/mol. The number of rotatable bonds is 3. The van der Waals surface area contributed by atoms with Gasteiger partial charge < -0.3 is 10.8 Å². The second kappa shape index (κ2) is 4.33. The third kappa shape index (κ3) is 2.40. The number of aromatic hydroxyl groups is 1. The smallest absolute Gasteiger partial charge is 0.120 e. The summed E-state index contributed by atoms with van der Waals surface area (Å²) >= 11 is 5.67. The van der Waals surface area contributed by atoms with Crippen LogP contribution in [0.3, 0.4) is 0 Å². The standard InChI is InChI=1S/C9H12ClNO/c10-8-4-3-7(2-1-5-11)9(12)6-8/h3-4,6,12H,1-2,5,11H2. The fourth-order valence-corrected chi connectivity index (χ4v) is 1.21. The first-order chi connectivity index (χ1) is 5.74. The first kappa shape index (κ1) is 9.36. The first-order valence-corrected chi connectivity index (χ1v) is 4.29. The molecule has 0 amide bonds. The molecule has 0 heterocycles. The van der Waals surface area contributed by atoms with E-state index in [4.69, 9.17) is 17.3 Å². The summed E-state index contributed by atoms with van der Waals surface area (Å²) in [5.41, 5.74) is 6.26. The van der Waals surface area contributed by atoms with E-state index in [9.17, 15) is 5.11 Å². The van der Waals surface area contributed by atoms with Gasteiger partial charge in [0.1, 0.15) is 5.75 Å². The van der Waals surface area contributed by atoms with Crippen molar-refractivity contribution in [1.29, 1.82) is 0 Å². The Labute approximate surface area is 77.0 Å². The average molecular weight is 186 g/mol. The molecule has 3 N–H and O–H groups in total. The number of benzene rings is 1. The first-order valence-electron chi connectivity index (χ1n) is 3.91. The van der Waals surface area contributed by atoms with Crippen LogP contribution in [-0.4, -0.2) is 11.7 Å². The number of hydrogen-bond donors (Lipinski definition) is 2. The molecule has 12 heavy (non-hydrogen) atoms. The fourth-order valence-electron chi connectivity index (χ4n) is 1.04. The number of halogens is 1. The SMILES string of the molecule is NCCCc1ccc(Cl)cc1O. The van der Waals surface area contributed by atoms with Gasteiger partial charge in [0, 0.05) is 5.02 Å². The molecule has 2 nitrogen and oxygen atoms in total. The third-order valence-electron chi connectivity index (χ3n) is 1.70. The molecule has 0 spiro atoms. The average Bonchev–Trinajstić information content (AvgIpc) is 2.03. The lowest BCUT2D eigenvalue weighted by atomic mass is 10.1. The summed E-state index contributed by atoms with van der Waals surface area (Å²) in [5.74, 6) is 0.260. The van der Waals surface area contributed by atoms with Gasteiger partial charge in [-0.15, -0.1) is 0 Å². The van der Waals surface area contributed by atoms with Crippen LogP contribution in [0.5, 0.6) is 5.75 Å². The Bertz CT molecular complexity index is 263. The highest BCUT2D eigenvalue weighted by molar-refractivity contribution is 6.30. The minimum Gasteiger partial charge on any atom is -0.508 e. The van der Waals surface area contributed by atoms with Crippen LogP contribution in [0.25, 0.3) is 0 Å². The number of aryl methyl sites for hydroxylation is 1. The van der Waals surface area contributed by atoms with E-state index in [-0.39, 0.29) is 5.75 Å². The highest BCUT2D eigenvalue weighted by Crippen LogP contribution is 2.22. The molecule has 1 rings (SSSR count). The van der Waals surface area contributed by atoms with Crippen molar-refractivity contribution in [3.05, 3.63) is 28.8 Å². The quantitative estimate of drug-likeness (QED) is 0.756. The van der Waals surface area contributed by atoms with E-state index >= 15 is 0 Å². The number of phenolic OH excluding ortho intramolecular Hbond substituents is 1. The molecule has 0 aliphatic carbocycles. The molecule has 0 saturated carbocycles. The maximum Gasteiger partial charge on any atom is 0.120 e. The van der Waals surface area contributed by atoms with Crippen LogP contribution in [0, 0.1) is 0 Å². The van der Waals surface area contributed by atoms with Crippen LogP contribution in [0.4, 0.5) is 0 Å². The Morgan fingerprint density at radius 1 is 1.42 bits per heavy atom. The van der Waals surface area contributed by atoms with Crippen molar-refractivity contribution >= 4 is 11.6 Å². The molecule has 1 aromatic carbocycles. The maximum absolute atomic E-state index is 9.39. The van der Waals surface area contributed by atoms with Gasteiger partial charge >= 0.3 is 0 Å². The van der Waals surface area contributed by atoms with Crippen molar-refractivity contribution in [2.75, 3.05) is 6.54 Å². The van der Waals surface area contributed by atoms with Gasteiger partial charge in [0.25, 0.3) is 0 Å². The molecule has 0 fully saturated rings. The van der Waals surface area contributed by atoms with Gasteiger partial charge in [0.2, 0.25) is 0 Å². The van der Waals surface area contributed by atoms with Crippen LogP contribution in [-0.2, 0) is 6.42 Å². The van der Waals surface area contributed by atoms with Crippen molar-refractivity contribution < 1.29 is 5.11 Å². The Balaban J connectivity index is 2.72. The van der Waals surface area contributed by atoms with Gasteiger partial charge in [0.05, 0.1) is 0 Å². The zero-order valence-corrected chi connectivity index (χ0v) is 7.51. The van der Waals surface area contributed by atoms with Crippen molar-refractivity contribution in [3.63, 3.8) is 0 Å². The predicted octanol–water partition coefficient (Wildman–Crippen LogP) is 1.94. The molecule has 0 radical (unpaired) electrons. The van der Waals surface area contributed by atoms with Crippen LogP contribution in [0.2, 0.25) is 5.02 Å². The fraction of sp³-hybridized carbons (Fsp3) is 0.333. The van der Waals surface area contributed by atoms with Gasteiger partial charge in [-0.05, 0) is 37.1 Å². The van der Waals surface area contributed by atoms with Crippen molar-refractivity contribution in [2.45, 2.75) is 12.8 Å². The predicted molar refractivity (Wildman–Crippen MR) is 50.5 cm³/mol. The lowest BCUT2D eigenvalue weighted by molar-refractivity contribution is 0.467. The topological polar surface area (TPSA) is 46.2 Å². The third-order valence-corrected chi connectivity index (χ3v) is 1.93. The minimum absolute atomic E-state index is 0.260. The zero-order chi connectivity index (χ0) is 8.97. The van der Waals surface area contributed by atoms with E-state index in [1.807, 2.05) is 6.07 Å². The molecule has 0 aliphatic heterocycles. The van der Waals surface area contributed by atoms with E-state index in [0.29, 0.717) is 11.6 Å². The molecule has 3 heteroatoms. The Morgan fingerprint density at radius 3 is 2.75 bits per heavy atom. The van der Waals surface area contributed by atoms with Crippen molar-refractivity contribution in [1.82, 2.24) is 0 Å². The summed E-state index contributed by atoms with van der Waals surface area (Å²) < 4.78 is 0. The molecule has 0 saturated heterocycles. The second-order valence-electron chi connectivity index (χ2n) is 2.67. The molecule has 1 aromatic rings. The van der Waals surface area contributed by atoms with Crippen molar-refractivity contribution in [3.8, 4) is 5.75 Å². The van der Waals surface area contributed by atoms with E-state index in [2.05, 4.69) is 0 Å². The molecule has 0 bridgehead atoms. The lowest BCUT2D eigenvalue weighted by Crippen LogP contribution is -2.00. The van der Waals surface area contributed by atoms with Crippen molar-refractivity contribution in [2.24, 2.45) is 5.73 Å². The largest absolute Gasteiger partial charge is 0.508 e. The van der Waals surface area contributed by atoms with E-state index in [0.717, 1.165) is 18.4 Å². The van der Waals surface area contributed by atoms with Crippen LogP contribution < -0.4 is 5.73 Å². The van der Waals surface area contributed by atoms with Crippen LogP contribution in [0.1, 0.15) is 12.0 Å². The molecule has 0 aromatic heterocycles. The summed E-state index contributed by atoms with van der Waals surface area (Å²) in [6.45, 7) is 0.641. The highest BCUT2D eigenvalue weighted by Gasteiger charge is 2.00. The second-order valence-corrected chi connectivity index (χ2v) is 3.10. The van der Waals surface area contributed by atoms with Gasteiger partial charge in [-0.25, -0.2) is 0 Å². The van der Waals surface area contributed by atoms with Gasteiger partial charge in [0.15, 0.2) is 0 Å². The lowest BCUT2D eigenvalue weighted by Gasteiger charge is -2.02. The highest BCUT2D eigenvalue weighted by atomic mass is 35.5. The summed E-state index contributed by atoms with van der Waals surface area (Å²) in [7, 11) is 0. The van der Waals surface area contributed by atoms with E-state index in [1.165, 1.54) is 0 Å². The summed E-state index contributed by atoms with van der Waals surface area (Å²) in [4.78, 5) is 0. The van der Waals surface area contributed by atoms with Gasteiger partial charge in [-0.3, -0.25) is 0 Å². The molecule has 0 atom stereocenters. The van der Waals surface area contributed by atoms with E-state index in [1.54, 1.807) is 12.1 Å². The van der Waals surface area contributed by atoms with Gasteiger partial charge in [-0.2, -0.15) is 0 Å². The normalized spacial score (nSPS) is 10.2. The summed E-state index contributed by atoms with van der Waals surface area (Å²) in [6, 6.07) is 5.15. The Kier molecular flexibility index (Phi) is 3.38. The zero-order valence-electron chi connectivity index (χ0n) is 6.76. The summed E-state index contributed by atoms with van der Waals surface area (Å²) in [6.07, 6.45) is 1.69. The Hall–Kier alpha value is -0.730. The number of hydrogen-bond acceptors (Lipinski definition) is 2. The monoisotopic (exact) mass is 185 g/mol. The molecule has 66 valence electrons. The van der Waals surface area contributed by atoms with Gasteiger partial charge in [-0.1, -0.05) is 17.7 Å². The summed E-state index contributed by atoms with van der Waals surface area (Å²) in [5, 5.41) is 9.95. The van der Waals surface area contributed by atoms with E-state index < -0.39 is 0 Å². The maximum atomic E-state index is 9.39. The number of nitrogens with two attached hydrogens (primary N) is 1. The number of phenols is 1. The van der Waals surface area contributed by atoms with Crippen LogP contribution in [0.15, 0.2) is 18.2 Å².